The highest BCUT2D eigenvalue weighted by atomic mass is 19.4. The minimum Gasteiger partial charge on any atom is -0.492 e. The van der Waals surface area contributed by atoms with Gasteiger partial charge in [-0.1, -0.05) is 17.6 Å². The summed E-state index contributed by atoms with van der Waals surface area (Å²) in [6.45, 7) is -5.12. The van der Waals surface area contributed by atoms with E-state index in [0.717, 1.165) is 6.07 Å². The van der Waals surface area contributed by atoms with Gasteiger partial charge in [0.15, 0.2) is 0 Å². The first-order chi connectivity index (χ1) is 9.88. The van der Waals surface area contributed by atoms with Gasteiger partial charge in [-0.2, -0.15) is 0 Å². The number of hydrogen-bond donors (Lipinski definition) is 0. The summed E-state index contributed by atoms with van der Waals surface area (Å²) in [4.78, 5) is 11.4. The number of benzene rings is 1. The van der Waals surface area contributed by atoms with E-state index in [9.17, 15) is 22.1 Å². The van der Waals surface area contributed by atoms with Crippen molar-refractivity contribution in [1.29, 1.82) is 0 Å². The Kier molecular flexibility index (Phi) is 4.35. The van der Waals surface area contributed by atoms with Crippen LogP contribution in [0, 0.1) is 5.82 Å². The van der Waals surface area contributed by atoms with Crippen LogP contribution in [-0.4, -0.2) is 18.2 Å². The molecule has 0 saturated carbocycles. The minimum atomic E-state index is -5.38. The molecule has 0 amide bonds. The van der Waals surface area contributed by atoms with Gasteiger partial charge in [0, 0.05) is 18.3 Å². The summed E-state index contributed by atoms with van der Waals surface area (Å²) in [5, 5.41) is 0. The summed E-state index contributed by atoms with van der Waals surface area (Å²) >= 11 is 0. The van der Waals surface area contributed by atoms with Gasteiger partial charge < -0.3 is 22.3 Å². The fourth-order valence-corrected chi connectivity index (χ4v) is 1.77. The Balaban J connectivity index is 2.00. The quantitative estimate of drug-likeness (QED) is 0.625. The third-order valence-corrected chi connectivity index (χ3v) is 2.82. The van der Waals surface area contributed by atoms with Crippen LogP contribution in [0.3, 0.4) is 0 Å². The standard InChI is InChI=1S/C13H11BF4NO2/c15-12-9-10(4-5-11(12)14(16,17)18)21-8-7-19-6-2-1-3-13(19)20/h1-6,9H,7-8H2/q-1. The Morgan fingerprint density at radius 3 is 2.52 bits per heavy atom. The van der Waals surface area contributed by atoms with E-state index in [1.807, 2.05) is 0 Å². The van der Waals surface area contributed by atoms with Gasteiger partial charge in [-0.3, -0.25) is 4.79 Å². The summed E-state index contributed by atoms with van der Waals surface area (Å²) in [5.74, 6) is -1.38. The Hall–Kier alpha value is -2.25. The van der Waals surface area contributed by atoms with E-state index in [2.05, 4.69) is 0 Å². The van der Waals surface area contributed by atoms with E-state index in [0.29, 0.717) is 12.1 Å². The fourth-order valence-electron chi connectivity index (χ4n) is 1.77. The molecule has 21 heavy (non-hydrogen) atoms. The number of ether oxygens (including phenoxy) is 1. The summed E-state index contributed by atoms with van der Waals surface area (Å²) in [5.41, 5.74) is -1.50. The van der Waals surface area contributed by atoms with Crippen LogP contribution < -0.4 is 15.8 Å². The lowest BCUT2D eigenvalue weighted by atomic mass is 9.80. The van der Waals surface area contributed by atoms with E-state index in [1.165, 1.54) is 10.6 Å². The maximum Gasteiger partial charge on any atom is 0.512 e. The van der Waals surface area contributed by atoms with Crippen LogP contribution in [0.5, 0.6) is 5.75 Å². The predicted molar refractivity (Wildman–Crippen MR) is 71.3 cm³/mol. The van der Waals surface area contributed by atoms with E-state index in [1.54, 1.807) is 18.3 Å². The van der Waals surface area contributed by atoms with Gasteiger partial charge in [0.05, 0.1) is 12.4 Å². The van der Waals surface area contributed by atoms with Crippen molar-refractivity contribution < 1.29 is 22.1 Å². The van der Waals surface area contributed by atoms with Gasteiger partial charge in [-0.15, -0.1) is 0 Å². The van der Waals surface area contributed by atoms with Crippen molar-refractivity contribution in [2.24, 2.45) is 0 Å². The first-order valence-corrected chi connectivity index (χ1v) is 6.15. The lowest BCUT2D eigenvalue weighted by Gasteiger charge is -2.16. The number of aromatic nitrogens is 1. The number of pyridine rings is 1. The van der Waals surface area contributed by atoms with Crippen LogP contribution in [0.1, 0.15) is 0 Å². The number of rotatable bonds is 5. The molecule has 0 fully saturated rings. The minimum absolute atomic E-state index is 0.0136. The fraction of sp³-hybridized carbons (Fsp3) is 0.154. The van der Waals surface area contributed by atoms with Gasteiger partial charge >= 0.3 is 6.98 Å². The molecule has 0 aliphatic heterocycles. The van der Waals surface area contributed by atoms with Crippen LogP contribution in [0.15, 0.2) is 47.4 Å². The Morgan fingerprint density at radius 1 is 1.14 bits per heavy atom. The van der Waals surface area contributed by atoms with Crippen LogP contribution in [0.4, 0.5) is 17.3 Å². The second-order valence-corrected chi connectivity index (χ2v) is 4.34. The second-order valence-electron chi connectivity index (χ2n) is 4.34. The van der Waals surface area contributed by atoms with Crippen LogP contribution >= 0.6 is 0 Å². The van der Waals surface area contributed by atoms with E-state index >= 15 is 0 Å². The SMILES string of the molecule is O=c1ccccn1CCOc1ccc([B-](F)(F)F)c(F)c1. The highest BCUT2D eigenvalue weighted by Crippen LogP contribution is 2.16. The third-order valence-electron chi connectivity index (χ3n) is 2.82. The van der Waals surface area contributed by atoms with Gasteiger partial charge in [0.2, 0.25) is 0 Å². The summed E-state index contributed by atoms with van der Waals surface area (Å²) in [6.07, 6.45) is 1.56. The first kappa shape index (κ1) is 15.1. The molecule has 0 N–H and O–H groups in total. The highest BCUT2D eigenvalue weighted by Gasteiger charge is 2.28. The molecule has 0 bridgehead atoms. The molecule has 1 aromatic heterocycles. The Labute approximate surface area is 117 Å². The smallest absolute Gasteiger partial charge is 0.492 e. The summed E-state index contributed by atoms with van der Waals surface area (Å²) < 4.78 is 57.2. The average Bonchev–Trinajstić information content (AvgIpc) is 2.39. The topological polar surface area (TPSA) is 31.2 Å². The zero-order valence-corrected chi connectivity index (χ0v) is 10.8. The number of nitrogens with zero attached hydrogens (tertiary/aromatic N) is 1. The van der Waals surface area contributed by atoms with Crippen LogP contribution in [0.25, 0.3) is 0 Å². The zero-order chi connectivity index (χ0) is 15.5. The zero-order valence-electron chi connectivity index (χ0n) is 10.8. The van der Waals surface area contributed by atoms with E-state index in [4.69, 9.17) is 4.74 Å². The van der Waals surface area contributed by atoms with E-state index < -0.39 is 18.3 Å². The van der Waals surface area contributed by atoms with Gasteiger partial charge in [0.25, 0.3) is 5.56 Å². The second kappa shape index (κ2) is 6.03. The average molecular weight is 300 g/mol. The van der Waals surface area contributed by atoms with Crippen LogP contribution in [-0.2, 0) is 6.54 Å². The Bertz CT molecular complexity index is 684. The van der Waals surface area contributed by atoms with Gasteiger partial charge in [-0.25, -0.2) is 4.39 Å². The molecule has 112 valence electrons. The monoisotopic (exact) mass is 300 g/mol. The molecule has 1 heterocycles. The molecule has 0 radical (unpaired) electrons. The molecular formula is C13H11BF4NO2-. The molecule has 0 unspecified atom stereocenters. The molecule has 0 spiro atoms. The lowest BCUT2D eigenvalue weighted by molar-refractivity contribution is 0.295. The molecule has 1 aromatic carbocycles. The third kappa shape index (κ3) is 3.87. The Morgan fingerprint density at radius 2 is 1.90 bits per heavy atom. The molecule has 2 aromatic rings. The number of halogens is 4. The van der Waals surface area contributed by atoms with Crippen LogP contribution in [0.2, 0.25) is 0 Å². The van der Waals surface area contributed by atoms with Crippen molar-refractivity contribution in [3.05, 3.63) is 58.8 Å². The largest absolute Gasteiger partial charge is 0.512 e. The molecule has 3 nitrogen and oxygen atoms in total. The first-order valence-electron chi connectivity index (χ1n) is 6.15. The van der Waals surface area contributed by atoms with Gasteiger partial charge in [-0.05, 0) is 12.1 Å². The highest BCUT2D eigenvalue weighted by molar-refractivity contribution is 6.73. The molecule has 0 aliphatic rings. The van der Waals surface area contributed by atoms with Gasteiger partial charge in [0.1, 0.15) is 12.4 Å². The summed E-state index contributed by atoms with van der Waals surface area (Å²) in [6, 6.07) is 7.03. The number of hydrogen-bond acceptors (Lipinski definition) is 2. The predicted octanol–water partition coefficient (Wildman–Crippen LogP) is 2.12. The molecule has 0 saturated heterocycles. The summed E-state index contributed by atoms with van der Waals surface area (Å²) in [7, 11) is 0. The molecule has 0 aliphatic carbocycles. The van der Waals surface area contributed by atoms with Crippen molar-refractivity contribution in [1.82, 2.24) is 4.57 Å². The van der Waals surface area contributed by atoms with E-state index in [-0.39, 0.29) is 24.5 Å². The molecule has 0 atom stereocenters. The van der Waals surface area contributed by atoms with Crippen molar-refractivity contribution in [3.63, 3.8) is 0 Å². The van der Waals surface area contributed by atoms with Crippen molar-refractivity contribution in [2.75, 3.05) is 6.61 Å². The lowest BCUT2D eigenvalue weighted by Crippen LogP contribution is -2.36. The maximum absolute atomic E-state index is 13.3. The molecule has 8 heteroatoms. The maximum atomic E-state index is 13.3. The van der Waals surface area contributed by atoms with Crippen molar-refractivity contribution in [2.45, 2.75) is 6.54 Å². The van der Waals surface area contributed by atoms with Crippen molar-refractivity contribution >= 4 is 12.4 Å². The molecular weight excluding hydrogens is 289 g/mol. The molecule has 2 rings (SSSR count). The van der Waals surface area contributed by atoms with Crippen molar-refractivity contribution in [3.8, 4) is 5.75 Å². The normalized spacial score (nSPS) is 11.4.